The Bertz CT molecular complexity index is 989. The molecule has 1 unspecified atom stereocenters. The summed E-state index contributed by atoms with van der Waals surface area (Å²) in [5.41, 5.74) is 7.50. The van der Waals surface area contributed by atoms with Crippen molar-refractivity contribution in [3.8, 4) is 11.5 Å². The molecule has 35 heavy (non-hydrogen) atoms. The quantitative estimate of drug-likeness (QED) is 0.387. The summed E-state index contributed by atoms with van der Waals surface area (Å²) in [6, 6.07) is 8.88. The van der Waals surface area contributed by atoms with Crippen LogP contribution in [0.1, 0.15) is 116 Å². The van der Waals surface area contributed by atoms with E-state index in [0.29, 0.717) is 0 Å². The monoisotopic (exact) mass is 498 g/mol. The molecule has 0 bridgehead atoms. The van der Waals surface area contributed by atoms with Gasteiger partial charge >= 0.3 is 0 Å². The molecule has 3 rings (SSSR count). The van der Waals surface area contributed by atoms with E-state index in [4.69, 9.17) is 14.0 Å². The third kappa shape index (κ3) is 6.23. The Morgan fingerprint density at radius 2 is 1.00 bits per heavy atom. The molecule has 0 spiro atoms. The number of hydrogen-bond acceptors (Lipinski definition) is 3. The summed E-state index contributed by atoms with van der Waals surface area (Å²) in [5, 5.41) is 0. The van der Waals surface area contributed by atoms with Crippen LogP contribution in [0.2, 0.25) is 0 Å². The number of rotatable bonds is 2. The van der Waals surface area contributed by atoms with Gasteiger partial charge in [-0.1, -0.05) is 107 Å². The van der Waals surface area contributed by atoms with Crippen molar-refractivity contribution in [2.24, 2.45) is 0 Å². The summed E-state index contributed by atoms with van der Waals surface area (Å²) in [4.78, 5) is 0. The van der Waals surface area contributed by atoms with Crippen LogP contribution in [-0.2, 0) is 32.6 Å². The lowest BCUT2D eigenvalue weighted by molar-refractivity contribution is 0.0663. The highest BCUT2D eigenvalue weighted by Gasteiger charge is 2.33. The molecule has 0 radical (unpaired) electrons. The maximum atomic E-state index is 6.69. The first-order valence-corrected chi connectivity index (χ1v) is 13.8. The van der Waals surface area contributed by atoms with E-state index in [-0.39, 0.29) is 30.5 Å². The van der Waals surface area contributed by atoms with Crippen LogP contribution >= 0.6 is 8.81 Å². The van der Waals surface area contributed by atoms with Gasteiger partial charge in [-0.15, -0.1) is 0 Å². The van der Waals surface area contributed by atoms with Crippen molar-refractivity contribution in [2.75, 3.05) is 7.11 Å². The van der Waals surface area contributed by atoms with Gasteiger partial charge in [0.2, 0.25) is 0 Å². The number of ether oxygens (including phenoxy) is 2. The highest BCUT2D eigenvalue weighted by Crippen LogP contribution is 2.46. The highest BCUT2D eigenvalue weighted by atomic mass is 31.1. The first-order valence-electron chi connectivity index (χ1n) is 12.8. The highest BCUT2D eigenvalue weighted by molar-refractivity contribution is 7.32. The summed E-state index contributed by atoms with van der Waals surface area (Å²) in [7, 11) is 1.78. The second-order valence-electron chi connectivity index (χ2n) is 14.1. The lowest BCUT2D eigenvalue weighted by Crippen LogP contribution is -2.28. The van der Waals surface area contributed by atoms with E-state index in [1.54, 1.807) is 7.11 Å². The number of benzene rings is 2. The van der Waals surface area contributed by atoms with Gasteiger partial charge in [0.15, 0.2) is 0 Å². The van der Waals surface area contributed by atoms with Gasteiger partial charge in [0, 0.05) is 24.7 Å². The Morgan fingerprint density at radius 3 is 1.29 bits per heavy atom. The minimum Gasteiger partial charge on any atom is -0.449 e. The van der Waals surface area contributed by atoms with E-state index in [9.17, 15) is 0 Å². The molecule has 0 saturated carbocycles. The van der Waals surface area contributed by atoms with Crippen molar-refractivity contribution in [3.63, 3.8) is 0 Å². The fraction of sp³-hybridized carbons (Fsp3) is 0.613. The standard InChI is InChI=1S/C31H47O3P/c1-28(2,3)21-15-19-14-20-16-22(29(4,5)6)18-24(31(10,11)12)26(20)34-27(35-32-13)33-25(19)23(17-21)30(7,8)9/h15-18,27,35H,14H2,1-13H3. The zero-order valence-electron chi connectivity index (χ0n) is 24.3. The largest absolute Gasteiger partial charge is 0.449 e. The second-order valence-corrected chi connectivity index (χ2v) is 15.2. The Kier molecular flexibility index (Phi) is 7.51. The molecule has 0 aliphatic carbocycles. The molecule has 3 nitrogen and oxygen atoms in total. The average molecular weight is 499 g/mol. The Morgan fingerprint density at radius 1 is 0.629 bits per heavy atom. The maximum absolute atomic E-state index is 6.69. The molecule has 0 N–H and O–H groups in total. The maximum Gasteiger partial charge on any atom is 0.280 e. The molecule has 0 fully saturated rings. The minimum absolute atomic E-state index is 0.0359. The van der Waals surface area contributed by atoms with Crippen LogP contribution in [-0.4, -0.2) is 13.1 Å². The van der Waals surface area contributed by atoms with Gasteiger partial charge < -0.3 is 14.0 Å². The van der Waals surface area contributed by atoms with Crippen LogP contribution in [0, 0.1) is 0 Å². The predicted octanol–water partition coefficient (Wildman–Crippen LogP) is 8.76. The Labute approximate surface area is 216 Å². The van der Waals surface area contributed by atoms with Crippen molar-refractivity contribution in [1.29, 1.82) is 0 Å². The first-order chi connectivity index (χ1) is 15.8. The molecular formula is C31H47O3P. The molecule has 1 heterocycles. The van der Waals surface area contributed by atoms with Gasteiger partial charge in [0.25, 0.3) is 6.03 Å². The van der Waals surface area contributed by atoms with E-state index < -0.39 is 6.03 Å². The first kappa shape index (κ1) is 28.0. The lowest BCUT2D eigenvalue weighted by Gasteiger charge is -2.35. The Balaban J connectivity index is 2.39. The fourth-order valence-corrected chi connectivity index (χ4v) is 5.01. The average Bonchev–Trinajstić information content (AvgIpc) is 2.65. The summed E-state index contributed by atoms with van der Waals surface area (Å²) in [6.45, 7) is 27.3. The molecule has 4 heteroatoms. The third-order valence-corrected chi connectivity index (χ3v) is 7.39. The molecule has 1 atom stereocenters. The van der Waals surface area contributed by atoms with Crippen molar-refractivity contribution >= 4 is 8.81 Å². The van der Waals surface area contributed by atoms with Crippen molar-refractivity contribution in [1.82, 2.24) is 0 Å². The Hall–Kier alpha value is -1.57. The van der Waals surface area contributed by atoms with Crippen molar-refractivity contribution in [3.05, 3.63) is 57.6 Å². The van der Waals surface area contributed by atoms with Crippen LogP contribution in [0.4, 0.5) is 0 Å². The summed E-state index contributed by atoms with van der Waals surface area (Å²) >= 11 is 0. The smallest absolute Gasteiger partial charge is 0.280 e. The molecule has 0 amide bonds. The van der Waals surface area contributed by atoms with Crippen LogP contribution < -0.4 is 9.47 Å². The zero-order valence-corrected chi connectivity index (χ0v) is 25.3. The van der Waals surface area contributed by atoms with Crippen LogP contribution in [0.5, 0.6) is 11.5 Å². The van der Waals surface area contributed by atoms with Gasteiger partial charge in [-0.25, -0.2) is 0 Å². The van der Waals surface area contributed by atoms with Crippen LogP contribution in [0.15, 0.2) is 24.3 Å². The summed E-state index contributed by atoms with van der Waals surface area (Å²) in [6.07, 6.45) is 0.771. The van der Waals surface area contributed by atoms with Crippen molar-refractivity contribution in [2.45, 2.75) is 117 Å². The molecule has 2 aromatic carbocycles. The van der Waals surface area contributed by atoms with E-state index in [1.165, 1.54) is 33.4 Å². The molecule has 1 aliphatic heterocycles. The minimum atomic E-state index is -0.499. The normalized spacial score (nSPS) is 15.8. The van der Waals surface area contributed by atoms with E-state index in [2.05, 4.69) is 107 Å². The van der Waals surface area contributed by atoms with Gasteiger partial charge in [-0.05, 0) is 43.9 Å². The summed E-state index contributed by atoms with van der Waals surface area (Å²) in [5.74, 6) is 1.90. The summed E-state index contributed by atoms with van der Waals surface area (Å²) < 4.78 is 19.0. The van der Waals surface area contributed by atoms with E-state index >= 15 is 0 Å². The third-order valence-electron chi connectivity index (χ3n) is 6.72. The lowest BCUT2D eigenvalue weighted by atomic mass is 9.76. The topological polar surface area (TPSA) is 27.7 Å². The second kappa shape index (κ2) is 9.38. The number of hydrogen-bond donors (Lipinski definition) is 0. The molecule has 194 valence electrons. The predicted molar refractivity (Wildman–Crippen MR) is 151 cm³/mol. The van der Waals surface area contributed by atoms with Gasteiger partial charge in [-0.3, -0.25) is 0 Å². The molecule has 0 aromatic heterocycles. The number of fused-ring (bicyclic) bond motifs is 2. The van der Waals surface area contributed by atoms with Gasteiger partial charge in [0.1, 0.15) is 20.3 Å². The van der Waals surface area contributed by atoms with Gasteiger partial charge in [0.05, 0.1) is 0 Å². The molecular weight excluding hydrogens is 451 g/mol. The molecule has 0 saturated heterocycles. The molecule has 2 aromatic rings. The van der Waals surface area contributed by atoms with E-state index in [0.717, 1.165) is 17.9 Å². The SMILES string of the molecule is COPC1Oc2c(cc(C(C)(C)C)cc2C(C)(C)C)Cc2cc(C(C)(C)C)cc(C(C)(C)C)c2O1. The van der Waals surface area contributed by atoms with Crippen LogP contribution in [0.25, 0.3) is 0 Å². The van der Waals surface area contributed by atoms with Crippen LogP contribution in [0.3, 0.4) is 0 Å². The molecule has 1 aliphatic rings. The zero-order chi connectivity index (χ0) is 26.6. The fourth-order valence-electron chi connectivity index (χ4n) is 4.49. The van der Waals surface area contributed by atoms with Gasteiger partial charge in [-0.2, -0.15) is 0 Å². The van der Waals surface area contributed by atoms with E-state index in [1.807, 2.05) is 0 Å². The van der Waals surface area contributed by atoms with Crippen molar-refractivity contribution < 1.29 is 14.0 Å².